The summed E-state index contributed by atoms with van der Waals surface area (Å²) < 4.78 is 5.65. The van der Waals surface area contributed by atoms with Crippen LogP contribution in [0, 0.1) is 6.92 Å². The molecule has 2 N–H and O–H groups in total. The molecule has 1 atom stereocenters. The highest BCUT2D eigenvalue weighted by Crippen LogP contribution is 2.08. The number of anilines is 1. The lowest BCUT2D eigenvalue weighted by Gasteiger charge is -2.14. The van der Waals surface area contributed by atoms with Gasteiger partial charge in [-0.3, -0.25) is 4.79 Å². The van der Waals surface area contributed by atoms with Gasteiger partial charge in [0.2, 0.25) is 0 Å². The molecule has 0 aliphatic heterocycles. The number of carbonyl (C=O) groups excluding carboxylic acids is 1. The summed E-state index contributed by atoms with van der Waals surface area (Å²) in [7, 11) is 2.03. The fourth-order valence-corrected chi connectivity index (χ4v) is 2.29. The van der Waals surface area contributed by atoms with E-state index >= 15 is 0 Å². The molecule has 0 radical (unpaired) electrons. The van der Waals surface area contributed by atoms with E-state index in [1.807, 2.05) is 68.6 Å². The summed E-state index contributed by atoms with van der Waals surface area (Å²) in [5, 5.41) is 2.93. The Bertz CT molecular complexity index is 597. The van der Waals surface area contributed by atoms with E-state index in [9.17, 15) is 4.79 Å². The normalized spacial score (nSPS) is 11.7. The molecular weight excluding hydrogens is 288 g/mol. The zero-order valence-electron chi connectivity index (χ0n) is 13.8. The van der Waals surface area contributed by atoms with E-state index in [0.29, 0.717) is 13.2 Å². The fourth-order valence-electron chi connectivity index (χ4n) is 2.29. The number of benzene rings is 2. The second-order valence-corrected chi connectivity index (χ2v) is 5.81. The van der Waals surface area contributed by atoms with Crippen molar-refractivity contribution in [1.29, 1.82) is 0 Å². The molecule has 2 rings (SSSR count). The van der Waals surface area contributed by atoms with Crippen LogP contribution in [-0.4, -0.2) is 32.7 Å². The number of aryl methyl sites for hydroxylation is 1. The van der Waals surface area contributed by atoms with E-state index in [2.05, 4.69) is 5.32 Å². The van der Waals surface area contributed by atoms with Crippen molar-refractivity contribution in [2.45, 2.75) is 13.3 Å². The maximum Gasteiger partial charge on any atom is 0.279 e. The monoisotopic (exact) mass is 313 g/mol. The Labute approximate surface area is 138 Å². The SMILES string of the molecule is Cc1ccc(NC(=O)C[NH+](C)CCCOc2ccccc2)cc1. The summed E-state index contributed by atoms with van der Waals surface area (Å²) >= 11 is 0. The molecule has 0 aliphatic rings. The predicted molar refractivity (Wildman–Crippen MR) is 93.0 cm³/mol. The number of hydrogen-bond acceptors (Lipinski definition) is 2. The zero-order valence-corrected chi connectivity index (χ0v) is 13.8. The topological polar surface area (TPSA) is 42.8 Å². The Hall–Kier alpha value is -2.33. The highest BCUT2D eigenvalue weighted by Gasteiger charge is 2.10. The van der Waals surface area contributed by atoms with Crippen LogP contribution in [0.15, 0.2) is 54.6 Å². The Balaban J connectivity index is 1.63. The molecule has 1 unspecified atom stereocenters. The Morgan fingerprint density at radius 1 is 1.09 bits per heavy atom. The maximum atomic E-state index is 12.0. The number of ether oxygens (including phenoxy) is 1. The average Bonchev–Trinajstić information content (AvgIpc) is 2.55. The summed E-state index contributed by atoms with van der Waals surface area (Å²) in [4.78, 5) is 13.2. The van der Waals surface area contributed by atoms with E-state index in [4.69, 9.17) is 4.74 Å². The van der Waals surface area contributed by atoms with Crippen LogP contribution in [0.25, 0.3) is 0 Å². The maximum absolute atomic E-state index is 12.0. The van der Waals surface area contributed by atoms with Gasteiger partial charge in [0.25, 0.3) is 5.91 Å². The minimum Gasteiger partial charge on any atom is -0.493 e. The van der Waals surface area contributed by atoms with Gasteiger partial charge in [0.05, 0.1) is 20.2 Å². The van der Waals surface area contributed by atoms with Crippen molar-refractivity contribution in [3.63, 3.8) is 0 Å². The van der Waals surface area contributed by atoms with Crippen LogP contribution in [0.4, 0.5) is 5.69 Å². The van der Waals surface area contributed by atoms with Crippen LogP contribution in [0.1, 0.15) is 12.0 Å². The highest BCUT2D eigenvalue weighted by atomic mass is 16.5. The quantitative estimate of drug-likeness (QED) is 0.731. The van der Waals surface area contributed by atoms with Crippen LogP contribution in [-0.2, 0) is 4.79 Å². The summed E-state index contributed by atoms with van der Waals surface area (Å²) in [6.07, 6.45) is 0.915. The molecule has 2 aromatic rings. The summed E-state index contributed by atoms with van der Waals surface area (Å²) in [6, 6.07) is 17.6. The van der Waals surface area contributed by atoms with Gasteiger partial charge >= 0.3 is 0 Å². The third-order valence-corrected chi connectivity index (χ3v) is 3.56. The molecule has 0 fully saturated rings. The number of hydrogen-bond donors (Lipinski definition) is 2. The van der Waals surface area contributed by atoms with Gasteiger partial charge in [-0.2, -0.15) is 0 Å². The molecule has 0 bridgehead atoms. The first-order valence-corrected chi connectivity index (χ1v) is 7.99. The predicted octanol–water partition coefficient (Wildman–Crippen LogP) is 1.92. The molecule has 0 aliphatic carbocycles. The van der Waals surface area contributed by atoms with E-state index in [-0.39, 0.29) is 5.91 Å². The van der Waals surface area contributed by atoms with Gasteiger partial charge in [0, 0.05) is 12.1 Å². The molecule has 4 heteroatoms. The smallest absolute Gasteiger partial charge is 0.279 e. The summed E-state index contributed by atoms with van der Waals surface area (Å²) in [5.41, 5.74) is 2.03. The van der Waals surface area contributed by atoms with Crippen molar-refractivity contribution < 1.29 is 14.4 Å². The Morgan fingerprint density at radius 3 is 2.48 bits per heavy atom. The van der Waals surface area contributed by atoms with Gasteiger partial charge < -0.3 is 15.0 Å². The number of carbonyl (C=O) groups is 1. The highest BCUT2D eigenvalue weighted by molar-refractivity contribution is 5.91. The van der Waals surface area contributed by atoms with E-state index in [0.717, 1.165) is 24.4 Å². The molecule has 0 saturated heterocycles. The Kier molecular flexibility index (Phi) is 6.63. The number of amides is 1. The van der Waals surface area contributed by atoms with E-state index in [1.165, 1.54) is 10.5 Å². The number of quaternary nitrogens is 1. The minimum absolute atomic E-state index is 0.0373. The van der Waals surface area contributed by atoms with Gasteiger partial charge in [-0.15, -0.1) is 0 Å². The van der Waals surface area contributed by atoms with E-state index < -0.39 is 0 Å². The molecule has 0 spiro atoms. The van der Waals surface area contributed by atoms with Crippen molar-refractivity contribution in [2.75, 3.05) is 32.1 Å². The number of rotatable bonds is 8. The van der Waals surface area contributed by atoms with Gasteiger partial charge in [-0.05, 0) is 31.2 Å². The van der Waals surface area contributed by atoms with Gasteiger partial charge in [0.15, 0.2) is 6.54 Å². The lowest BCUT2D eigenvalue weighted by molar-refractivity contribution is -0.871. The fraction of sp³-hybridized carbons (Fsp3) is 0.316. The molecule has 0 aromatic heterocycles. The Morgan fingerprint density at radius 2 is 1.78 bits per heavy atom. The van der Waals surface area contributed by atoms with Crippen molar-refractivity contribution in [3.05, 3.63) is 60.2 Å². The molecular formula is C19H25N2O2+. The van der Waals surface area contributed by atoms with Crippen LogP contribution < -0.4 is 15.0 Å². The van der Waals surface area contributed by atoms with Crippen LogP contribution in [0.3, 0.4) is 0 Å². The standard InChI is InChI=1S/C19H24N2O2/c1-16-9-11-17(12-10-16)20-19(22)15-21(2)13-6-14-23-18-7-4-3-5-8-18/h3-5,7-12H,6,13-15H2,1-2H3,(H,20,22)/p+1. The molecule has 2 aromatic carbocycles. The summed E-state index contributed by atoms with van der Waals surface area (Å²) in [6.45, 7) is 4.05. The molecule has 0 saturated carbocycles. The number of likely N-dealkylation sites (N-methyl/N-ethyl adjacent to an activating group) is 1. The molecule has 4 nitrogen and oxygen atoms in total. The third kappa shape index (κ3) is 6.53. The first-order valence-electron chi connectivity index (χ1n) is 7.99. The molecule has 1 amide bonds. The van der Waals surface area contributed by atoms with Crippen molar-refractivity contribution in [1.82, 2.24) is 0 Å². The molecule has 23 heavy (non-hydrogen) atoms. The van der Waals surface area contributed by atoms with Crippen molar-refractivity contribution >= 4 is 11.6 Å². The van der Waals surface area contributed by atoms with Crippen molar-refractivity contribution in [2.24, 2.45) is 0 Å². The first kappa shape index (κ1) is 17.0. The van der Waals surface area contributed by atoms with Crippen molar-refractivity contribution in [3.8, 4) is 5.75 Å². The van der Waals surface area contributed by atoms with Gasteiger partial charge in [-0.1, -0.05) is 35.9 Å². The van der Waals surface area contributed by atoms with E-state index in [1.54, 1.807) is 0 Å². The second kappa shape index (κ2) is 8.96. The molecule has 122 valence electrons. The summed E-state index contributed by atoms with van der Waals surface area (Å²) in [5.74, 6) is 0.928. The number of nitrogens with one attached hydrogen (secondary N) is 2. The van der Waals surface area contributed by atoms with Gasteiger partial charge in [-0.25, -0.2) is 0 Å². The largest absolute Gasteiger partial charge is 0.493 e. The molecule has 0 heterocycles. The van der Waals surface area contributed by atoms with Crippen LogP contribution in [0.2, 0.25) is 0 Å². The first-order chi connectivity index (χ1) is 11.1. The minimum atomic E-state index is 0.0373. The lowest BCUT2D eigenvalue weighted by Crippen LogP contribution is -3.10. The average molecular weight is 313 g/mol. The second-order valence-electron chi connectivity index (χ2n) is 5.81. The van der Waals surface area contributed by atoms with Crippen LogP contribution in [0.5, 0.6) is 5.75 Å². The zero-order chi connectivity index (χ0) is 16.5. The lowest BCUT2D eigenvalue weighted by atomic mass is 10.2. The van der Waals surface area contributed by atoms with Gasteiger partial charge in [0.1, 0.15) is 5.75 Å². The third-order valence-electron chi connectivity index (χ3n) is 3.56. The number of para-hydroxylation sites is 1. The van der Waals surface area contributed by atoms with Crippen LogP contribution >= 0.6 is 0 Å².